The molecule has 76 valence electrons. The monoisotopic (exact) mass is 202 g/mol. The van der Waals surface area contributed by atoms with E-state index < -0.39 is 0 Å². The normalized spacial score (nSPS) is 9.93. The van der Waals surface area contributed by atoms with E-state index in [0.717, 1.165) is 12.0 Å². The molecule has 0 aliphatic rings. The lowest BCUT2D eigenvalue weighted by Crippen LogP contribution is -1.95. The van der Waals surface area contributed by atoms with E-state index in [9.17, 15) is 4.79 Å². The van der Waals surface area contributed by atoms with Gasteiger partial charge in [0.25, 0.3) is 0 Å². The first-order valence-corrected chi connectivity index (χ1v) is 4.46. The third-order valence-corrected chi connectivity index (χ3v) is 2.15. The molecule has 0 amide bonds. The van der Waals surface area contributed by atoms with Crippen LogP contribution in [-0.2, 0) is 0 Å². The summed E-state index contributed by atoms with van der Waals surface area (Å²) in [5, 5.41) is 0. The zero-order chi connectivity index (χ0) is 10.7. The number of imidazole rings is 1. The number of nitrogens with zero attached hydrogens (tertiary/aromatic N) is 2. The van der Waals surface area contributed by atoms with Crippen molar-refractivity contribution in [3.8, 4) is 11.4 Å². The van der Waals surface area contributed by atoms with Crippen LogP contribution in [0.2, 0.25) is 0 Å². The summed E-state index contributed by atoms with van der Waals surface area (Å²) in [4.78, 5) is 14.6. The van der Waals surface area contributed by atoms with Gasteiger partial charge < -0.3 is 9.30 Å². The van der Waals surface area contributed by atoms with E-state index >= 15 is 0 Å². The molecule has 2 aromatic rings. The smallest absolute Gasteiger partial charge is 0.153 e. The molecule has 0 N–H and O–H groups in total. The van der Waals surface area contributed by atoms with Crippen molar-refractivity contribution in [2.75, 3.05) is 7.11 Å². The van der Waals surface area contributed by atoms with Gasteiger partial charge in [0.1, 0.15) is 5.75 Å². The summed E-state index contributed by atoms with van der Waals surface area (Å²) in [6, 6.07) is 5.36. The predicted molar refractivity (Wildman–Crippen MR) is 55.5 cm³/mol. The summed E-state index contributed by atoms with van der Waals surface area (Å²) in [6.45, 7) is 0. The van der Waals surface area contributed by atoms with Crippen LogP contribution in [0, 0.1) is 0 Å². The van der Waals surface area contributed by atoms with E-state index in [1.165, 1.54) is 0 Å². The summed E-state index contributed by atoms with van der Waals surface area (Å²) in [7, 11) is 1.54. The SMILES string of the molecule is COc1cc(-n2ccnc2)ccc1C=O. The molecule has 2 rings (SSSR count). The predicted octanol–water partition coefficient (Wildman–Crippen LogP) is 1.69. The number of carbonyl (C=O) groups excluding carboxylic acids is 1. The number of carbonyl (C=O) groups is 1. The lowest BCUT2D eigenvalue weighted by atomic mass is 10.2. The lowest BCUT2D eigenvalue weighted by molar-refractivity contribution is 0.112. The van der Waals surface area contributed by atoms with Gasteiger partial charge in [-0.15, -0.1) is 0 Å². The van der Waals surface area contributed by atoms with Crippen molar-refractivity contribution in [3.05, 3.63) is 42.5 Å². The summed E-state index contributed by atoms with van der Waals surface area (Å²) in [6.07, 6.45) is 5.99. The van der Waals surface area contributed by atoms with Crippen LogP contribution in [0.4, 0.5) is 0 Å². The van der Waals surface area contributed by atoms with Crippen LogP contribution in [0.15, 0.2) is 36.9 Å². The average Bonchev–Trinajstić information content (AvgIpc) is 2.81. The topological polar surface area (TPSA) is 44.1 Å². The van der Waals surface area contributed by atoms with E-state index in [2.05, 4.69) is 4.98 Å². The number of ether oxygens (including phenoxy) is 1. The van der Waals surface area contributed by atoms with Crippen molar-refractivity contribution in [1.82, 2.24) is 9.55 Å². The number of aromatic nitrogens is 2. The number of benzene rings is 1. The van der Waals surface area contributed by atoms with Gasteiger partial charge in [0.2, 0.25) is 0 Å². The number of hydrogen-bond acceptors (Lipinski definition) is 3. The van der Waals surface area contributed by atoms with Gasteiger partial charge in [0, 0.05) is 18.5 Å². The minimum absolute atomic E-state index is 0.543. The van der Waals surface area contributed by atoms with Gasteiger partial charge in [0.05, 0.1) is 24.7 Å². The van der Waals surface area contributed by atoms with Crippen molar-refractivity contribution >= 4 is 6.29 Å². The molecule has 0 fully saturated rings. The highest BCUT2D eigenvalue weighted by atomic mass is 16.5. The molecule has 0 aliphatic carbocycles. The second kappa shape index (κ2) is 3.96. The zero-order valence-corrected chi connectivity index (χ0v) is 8.25. The van der Waals surface area contributed by atoms with Crippen LogP contribution in [0.3, 0.4) is 0 Å². The number of hydrogen-bond donors (Lipinski definition) is 0. The van der Waals surface area contributed by atoms with Crippen LogP contribution < -0.4 is 4.74 Å². The molecule has 0 saturated heterocycles. The van der Waals surface area contributed by atoms with Crippen LogP contribution >= 0.6 is 0 Å². The molecule has 0 unspecified atom stereocenters. The van der Waals surface area contributed by atoms with E-state index in [1.54, 1.807) is 31.8 Å². The maximum Gasteiger partial charge on any atom is 0.153 e. The van der Waals surface area contributed by atoms with E-state index in [-0.39, 0.29) is 0 Å². The summed E-state index contributed by atoms with van der Waals surface area (Å²) in [5.41, 5.74) is 1.45. The average molecular weight is 202 g/mol. The van der Waals surface area contributed by atoms with E-state index in [1.807, 2.05) is 16.8 Å². The molecule has 0 saturated carbocycles. The second-order valence-electron chi connectivity index (χ2n) is 3.01. The Morgan fingerprint density at radius 3 is 2.93 bits per heavy atom. The summed E-state index contributed by atoms with van der Waals surface area (Å²) >= 11 is 0. The molecule has 1 aromatic carbocycles. The second-order valence-corrected chi connectivity index (χ2v) is 3.01. The molecule has 0 radical (unpaired) electrons. The van der Waals surface area contributed by atoms with Crippen LogP contribution in [0.5, 0.6) is 5.75 Å². The maximum absolute atomic E-state index is 10.7. The Labute approximate surface area is 87.1 Å². The molecule has 15 heavy (non-hydrogen) atoms. The highest BCUT2D eigenvalue weighted by Gasteiger charge is 2.03. The Balaban J connectivity index is 2.48. The van der Waals surface area contributed by atoms with Crippen molar-refractivity contribution in [2.24, 2.45) is 0 Å². The van der Waals surface area contributed by atoms with Crippen LogP contribution in [0.1, 0.15) is 10.4 Å². The van der Waals surface area contributed by atoms with Gasteiger partial charge in [-0.25, -0.2) is 4.98 Å². The minimum Gasteiger partial charge on any atom is -0.496 e. The molecule has 4 heteroatoms. The van der Waals surface area contributed by atoms with Gasteiger partial charge in [-0.1, -0.05) is 0 Å². The molecule has 4 nitrogen and oxygen atoms in total. The molecular formula is C11H10N2O2. The van der Waals surface area contributed by atoms with Gasteiger partial charge in [-0.3, -0.25) is 4.79 Å². The first-order chi connectivity index (χ1) is 7.35. The van der Waals surface area contributed by atoms with Crippen LogP contribution in [-0.4, -0.2) is 22.9 Å². The Bertz CT molecular complexity index is 463. The van der Waals surface area contributed by atoms with Gasteiger partial charge in [-0.05, 0) is 12.1 Å². The fourth-order valence-electron chi connectivity index (χ4n) is 1.37. The van der Waals surface area contributed by atoms with Crippen LogP contribution in [0.25, 0.3) is 5.69 Å². The molecule has 0 bridgehead atoms. The third kappa shape index (κ3) is 1.74. The molecule has 0 aliphatic heterocycles. The number of methoxy groups -OCH3 is 1. The highest BCUT2D eigenvalue weighted by molar-refractivity contribution is 5.80. The summed E-state index contributed by atoms with van der Waals surface area (Å²) in [5.74, 6) is 0.566. The van der Waals surface area contributed by atoms with Crippen molar-refractivity contribution in [1.29, 1.82) is 0 Å². The first kappa shape index (κ1) is 9.45. The molecule has 0 atom stereocenters. The van der Waals surface area contributed by atoms with Crippen molar-refractivity contribution < 1.29 is 9.53 Å². The third-order valence-electron chi connectivity index (χ3n) is 2.15. The fourth-order valence-corrected chi connectivity index (χ4v) is 1.37. The van der Waals surface area contributed by atoms with E-state index in [4.69, 9.17) is 4.74 Å². The van der Waals surface area contributed by atoms with E-state index in [0.29, 0.717) is 11.3 Å². The molecular weight excluding hydrogens is 192 g/mol. The number of rotatable bonds is 3. The largest absolute Gasteiger partial charge is 0.496 e. The van der Waals surface area contributed by atoms with Gasteiger partial charge >= 0.3 is 0 Å². The minimum atomic E-state index is 0.543. The highest BCUT2D eigenvalue weighted by Crippen LogP contribution is 2.20. The molecule has 0 spiro atoms. The maximum atomic E-state index is 10.7. The van der Waals surface area contributed by atoms with Gasteiger partial charge in [-0.2, -0.15) is 0 Å². The first-order valence-electron chi connectivity index (χ1n) is 4.46. The summed E-state index contributed by atoms with van der Waals surface area (Å²) < 4.78 is 6.95. The van der Waals surface area contributed by atoms with Crippen molar-refractivity contribution in [3.63, 3.8) is 0 Å². The Hall–Kier alpha value is -2.10. The Morgan fingerprint density at radius 1 is 1.47 bits per heavy atom. The standard InChI is InChI=1S/C11H10N2O2/c1-15-11-6-10(3-2-9(11)7-14)13-5-4-12-8-13/h2-8H,1H3. The molecule has 1 aromatic heterocycles. The van der Waals surface area contributed by atoms with Gasteiger partial charge in [0.15, 0.2) is 6.29 Å². The Morgan fingerprint density at radius 2 is 2.33 bits per heavy atom. The zero-order valence-electron chi connectivity index (χ0n) is 8.25. The van der Waals surface area contributed by atoms with Crippen molar-refractivity contribution in [2.45, 2.75) is 0 Å². The molecule has 1 heterocycles. The lowest BCUT2D eigenvalue weighted by Gasteiger charge is -2.07. The Kier molecular flexibility index (Phi) is 2.49. The quantitative estimate of drug-likeness (QED) is 0.711. The fraction of sp³-hybridized carbons (Fsp3) is 0.0909. The number of aldehydes is 1.